The lowest BCUT2D eigenvalue weighted by atomic mass is 9.98. The number of hydrogen-bond acceptors (Lipinski definition) is 1. The topological polar surface area (TPSA) is 20.2 Å². The van der Waals surface area contributed by atoms with Crippen molar-refractivity contribution in [2.24, 2.45) is 5.92 Å². The van der Waals surface area contributed by atoms with Gasteiger partial charge >= 0.3 is 0 Å². The van der Waals surface area contributed by atoms with Crippen LogP contribution in [0.3, 0.4) is 0 Å². The van der Waals surface area contributed by atoms with Crippen LogP contribution >= 0.6 is 15.9 Å². The first kappa shape index (κ1) is 10.7. The summed E-state index contributed by atoms with van der Waals surface area (Å²) >= 11 is 3.50. The lowest BCUT2D eigenvalue weighted by Crippen LogP contribution is -2.08. The summed E-state index contributed by atoms with van der Waals surface area (Å²) in [5.74, 6) is 0.388. The van der Waals surface area contributed by atoms with Gasteiger partial charge < -0.3 is 5.11 Å². The van der Waals surface area contributed by atoms with E-state index in [9.17, 15) is 0 Å². The molecule has 1 aromatic rings. The smallest absolute Gasteiger partial charge is 0.0462 e. The van der Waals surface area contributed by atoms with Crippen LogP contribution in [-0.2, 0) is 6.42 Å². The fourth-order valence-corrected chi connectivity index (χ4v) is 1.76. The summed E-state index contributed by atoms with van der Waals surface area (Å²) < 4.78 is 1.14. The monoisotopic (exact) mass is 242 g/mol. The van der Waals surface area contributed by atoms with E-state index in [-0.39, 0.29) is 6.61 Å². The van der Waals surface area contributed by atoms with Gasteiger partial charge in [-0.25, -0.2) is 0 Å². The molecule has 0 saturated heterocycles. The van der Waals surface area contributed by atoms with Crippen molar-refractivity contribution in [3.8, 4) is 0 Å². The van der Waals surface area contributed by atoms with E-state index in [1.165, 1.54) is 5.56 Å². The normalized spacial score (nSPS) is 12.8. The van der Waals surface area contributed by atoms with E-state index < -0.39 is 0 Å². The van der Waals surface area contributed by atoms with Crippen LogP contribution in [0.2, 0.25) is 0 Å². The predicted octanol–water partition coefficient (Wildman–Crippen LogP) is 3.01. The van der Waals surface area contributed by atoms with E-state index in [1.807, 2.05) is 18.2 Å². The molecule has 13 heavy (non-hydrogen) atoms. The molecule has 72 valence electrons. The molecular weight excluding hydrogens is 228 g/mol. The second-order valence-corrected chi connectivity index (χ2v) is 4.11. The van der Waals surface area contributed by atoms with E-state index in [4.69, 9.17) is 5.11 Å². The fourth-order valence-electron chi connectivity index (χ4n) is 1.31. The largest absolute Gasteiger partial charge is 0.396 e. The second-order valence-electron chi connectivity index (χ2n) is 3.25. The van der Waals surface area contributed by atoms with Gasteiger partial charge in [0.2, 0.25) is 0 Å². The van der Waals surface area contributed by atoms with Crippen LogP contribution in [0.4, 0.5) is 0 Å². The number of benzene rings is 1. The molecule has 1 N–H and O–H groups in total. The lowest BCUT2D eigenvalue weighted by Gasteiger charge is -2.12. The summed E-state index contributed by atoms with van der Waals surface area (Å²) in [6.45, 7) is 2.38. The van der Waals surface area contributed by atoms with Gasteiger partial charge in [-0.05, 0) is 24.0 Å². The van der Waals surface area contributed by atoms with Crippen LogP contribution in [0, 0.1) is 5.92 Å². The highest BCUT2D eigenvalue weighted by Crippen LogP contribution is 2.20. The Bertz CT molecular complexity index is 256. The molecule has 0 fully saturated rings. The Morgan fingerprint density at radius 3 is 2.62 bits per heavy atom. The van der Waals surface area contributed by atoms with Gasteiger partial charge in [0, 0.05) is 11.1 Å². The number of aliphatic hydroxyl groups excluding tert-OH is 1. The Morgan fingerprint density at radius 2 is 2.08 bits per heavy atom. The Labute approximate surface area is 87.9 Å². The highest BCUT2D eigenvalue weighted by atomic mass is 79.9. The van der Waals surface area contributed by atoms with Crippen molar-refractivity contribution >= 4 is 15.9 Å². The number of rotatable bonds is 4. The van der Waals surface area contributed by atoms with Crippen molar-refractivity contribution in [2.75, 3.05) is 6.61 Å². The molecule has 2 heteroatoms. The number of halogens is 1. The molecule has 0 heterocycles. The minimum atomic E-state index is 0.276. The Balaban J connectivity index is 2.67. The molecular formula is C11H15BrO. The molecule has 0 aromatic heterocycles. The Hall–Kier alpha value is -0.340. The van der Waals surface area contributed by atoms with Crippen LogP contribution < -0.4 is 0 Å². The summed E-state index contributed by atoms with van der Waals surface area (Å²) in [4.78, 5) is 0. The highest BCUT2D eigenvalue weighted by molar-refractivity contribution is 9.10. The third kappa shape index (κ3) is 3.12. The van der Waals surface area contributed by atoms with Gasteiger partial charge in [0.1, 0.15) is 0 Å². The molecule has 0 aliphatic heterocycles. The third-order valence-electron chi connectivity index (χ3n) is 2.30. The average Bonchev–Trinajstić information content (AvgIpc) is 2.17. The molecule has 0 spiro atoms. The SMILES string of the molecule is CCC(CO)Cc1ccccc1Br. The number of aliphatic hydroxyl groups is 1. The minimum absolute atomic E-state index is 0.276. The van der Waals surface area contributed by atoms with E-state index in [2.05, 4.69) is 28.9 Å². The number of hydrogen-bond donors (Lipinski definition) is 1. The summed E-state index contributed by atoms with van der Waals surface area (Å²) in [5, 5.41) is 9.06. The molecule has 1 unspecified atom stereocenters. The maximum Gasteiger partial charge on any atom is 0.0462 e. The third-order valence-corrected chi connectivity index (χ3v) is 3.08. The first-order chi connectivity index (χ1) is 6.27. The van der Waals surface area contributed by atoms with Crippen molar-refractivity contribution < 1.29 is 5.11 Å². The first-order valence-corrected chi connectivity index (χ1v) is 5.41. The Kier molecular flexibility index (Phi) is 4.46. The fraction of sp³-hybridized carbons (Fsp3) is 0.455. The Morgan fingerprint density at radius 1 is 1.38 bits per heavy atom. The molecule has 0 saturated carbocycles. The summed E-state index contributed by atoms with van der Waals surface area (Å²) in [5.41, 5.74) is 1.28. The van der Waals surface area contributed by atoms with E-state index in [0.717, 1.165) is 17.3 Å². The van der Waals surface area contributed by atoms with Gasteiger partial charge in [0.25, 0.3) is 0 Å². The molecule has 0 aliphatic carbocycles. The molecule has 0 aliphatic rings. The second kappa shape index (κ2) is 5.40. The zero-order valence-electron chi connectivity index (χ0n) is 7.83. The summed E-state index contributed by atoms with van der Waals surface area (Å²) in [6, 6.07) is 8.18. The van der Waals surface area contributed by atoms with Crippen LogP contribution in [0.25, 0.3) is 0 Å². The van der Waals surface area contributed by atoms with Crippen LogP contribution in [-0.4, -0.2) is 11.7 Å². The molecule has 0 amide bonds. The van der Waals surface area contributed by atoms with Gasteiger partial charge in [-0.3, -0.25) is 0 Å². The molecule has 1 aromatic carbocycles. The molecule has 0 bridgehead atoms. The van der Waals surface area contributed by atoms with Crippen LogP contribution in [0.5, 0.6) is 0 Å². The van der Waals surface area contributed by atoms with Gasteiger partial charge in [-0.1, -0.05) is 47.5 Å². The van der Waals surface area contributed by atoms with Gasteiger partial charge in [0.05, 0.1) is 0 Å². The van der Waals surface area contributed by atoms with E-state index in [1.54, 1.807) is 0 Å². The zero-order chi connectivity index (χ0) is 9.68. The van der Waals surface area contributed by atoms with Gasteiger partial charge in [-0.15, -0.1) is 0 Å². The summed E-state index contributed by atoms with van der Waals surface area (Å²) in [6.07, 6.45) is 1.98. The van der Waals surface area contributed by atoms with E-state index in [0.29, 0.717) is 5.92 Å². The zero-order valence-corrected chi connectivity index (χ0v) is 9.42. The minimum Gasteiger partial charge on any atom is -0.396 e. The predicted molar refractivity (Wildman–Crippen MR) is 58.7 cm³/mol. The van der Waals surface area contributed by atoms with Crippen molar-refractivity contribution in [2.45, 2.75) is 19.8 Å². The first-order valence-electron chi connectivity index (χ1n) is 4.62. The maximum absolute atomic E-state index is 9.06. The standard InChI is InChI=1S/C11H15BrO/c1-2-9(8-13)7-10-5-3-4-6-11(10)12/h3-6,9,13H,2,7-8H2,1H3. The van der Waals surface area contributed by atoms with Gasteiger partial charge in [0.15, 0.2) is 0 Å². The van der Waals surface area contributed by atoms with Crippen molar-refractivity contribution in [3.05, 3.63) is 34.3 Å². The molecule has 1 nitrogen and oxygen atoms in total. The van der Waals surface area contributed by atoms with Gasteiger partial charge in [-0.2, -0.15) is 0 Å². The van der Waals surface area contributed by atoms with E-state index >= 15 is 0 Å². The highest BCUT2D eigenvalue weighted by Gasteiger charge is 2.07. The average molecular weight is 243 g/mol. The van der Waals surface area contributed by atoms with Crippen molar-refractivity contribution in [1.29, 1.82) is 0 Å². The summed E-state index contributed by atoms with van der Waals surface area (Å²) in [7, 11) is 0. The van der Waals surface area contributed by atoms with Crippen molar-refractivity contribution in [3.63, 3.8) is 0 Å². The van der Waals surface area contributed by atoms with Crippen LogP contribution in [0.15, 0.2) is 28.7 Å². The maximum atomic E-state index is 9.06. The molecule has 1 rings (SSSR count). The van der Waals surface area contributed by atoms with Crippen molar-refractivity contribution in [1.82, 2.24) is 0 Å². The lowest BCUT2D eigenvalue weighted by molar-refractivity contribution is 0.222. The van der Waals surface area contributed by atoms with Crippen LogP contribution in [0.1, 0.15) is 18.9 Å². The quantitative estimate of drug-likeness (QED) is 0.861. The molecule has 0 radical (unpaired) electrons. The molecule has 1 atom stereocenters.